The Bertz CT molecular complexity index is 229. The van der Waals surface area contributed by atoms with E-state index in [-0.39, 0.29) is 0 Å². The molecular weight excluding hydrogens is 140 g/mol. The van der Waals surface area contributed by atoms with Gasteiger partial charge in [-0.25, -0.2) is 9.97 Å². The quantitative estimate of drug-likeness (QED) is 0.604. The van der Waals surface area contributed by atoms with Gasteiger partial charge in [-0.15, -0.1) is 0 Å². The van der Waals surface area contributed by atoms with E-state index in [2.05, 4.69) is 15.0 Å². The van der Waals surface area contributed by atoms with Crippen molar-refractivity contribution in [1.29, 1.82) is 0 Å². The molecule has 0 aliphatic carbocycles. The molecule has 0 saturated heterocycles. The molecule has 2 rings (SSSR count). The summed E-state index contributed by atoms with van der Waals surface area (Å²) in [5, 5.41) is 0. The van der Waals surface area contributed by atoms with Gasteiger partial charge < -0.3 is 9.55 Å². The molecular formula is C7H10N4. The SMILES string of the molecule is Cn1ccnc1.c1c[nH]cn1. The Balaban J connectivity index is 0.000000112. The molecule has 0 bridgehead atoms. The van der Waals surface area contributed by atoms with E-state index in [0.717, 1.165) is 0 Å². The minimum atomic E-state index is 1.62. The molecule has 1 N–H and O–H groups in total. The van der Waals surface area contributed by atoms with Crippen LogP contribution in [0.25, 0.3) is 0 Å². The fourth-order valence-electron chi connectivity index (χ4n) is 0.541. The number of aromatic nitrogens is 4. The molecule has 0 fully saturated rings. The summed E-state index contributed by atoms with van der Waals surface area (Å²) in [6, 6.07) is 0. The average molecular weight is 150 g/mol. The second-order valence-corrected chi connectivity index (χ2v) is 1.99. The number of hydrogen-bond acceptors (Lipinski definition) is 2. The van der Waals surface area contributed by atoms with E-state index in [4.69, 9.17) is 0 Å². The summed E-state index contributed by atoms with van der Waals surface area (Å²) in [6.07, 6.45) is 10.5. The van der Waals surface area contributed by atoms with Crippen molar-refractivity contribution in [1.82, 2.24) is 19.5 Å². The van der Waals surface area contributed by atoms with Crippen molar-refractivity contribution in [2.75, 3.05) is 0 Å². The van der Waals surface area contributed by atoms with Crippen LogP contribution >= 0.6 is 0 Å². The Hall–Kier alpha value is -1.58. The van der Waals surface area contributed by atoms with Crippen LogP contribution in [-0.4, -0.2) is 19.5 Å². The first-order valence-corrected chi connectivity index (χ1v) is 3.24. The predicted molar refractivity (Wildman–Crippen MR) is 41.8 cm³/mol. The van der Waals surface area contributed by atoms with Gasteiger partial charge in [0.05, 0.1) is 12.7 Å². The normalized spacial score (nSPS) is 8.45. The molecule has 0 aliphatic rings. The molecule has 2 aromatic rings. The Kier molecular flexibility index (Phi) is 2.92. The van der Waals surface area contributed by atoms with Crippen LogP contribution in [-0.2, 0) is 7.05 Å². The summed E-state index contributed by atoms with van der Waals surface area (Å²) in [5.74, 6) is 0. The topological polar surface area (TPSA) is 46.5 Å². The van der Waals surface area contributed by atoms with Gasteiger partial charge in [-0.2, -0.15) is 0 Å². The Morgan fingerprint density at radius 3 is 2.36 bits per heavy atom. The fourth-order valence-corrected chi connectivity index (χ4v) is 0.541. The number of rotatable bonds is 0. The molecule has 0 atom stereocenters. The van der Waals surface area contributed by atoms with Gasteiger partial charge in [0.1, 0.15) is 0 Å². The Labute approximate surface area is 64.9 Å². The van der Waals surface area contributed by atoms with Crippen molar-refractivity contribution in [3.8, 4) is 0 Å². The molecule has 2 heterocycles. The molecule has 0 saturated carbocycles. The van der Waals surface area contributed by atoms with Gasteiger partial charge in [0.15, 0.2) is 0 Å². The van der Waals surface area contributed by atoms with Gasteiger partial charge in [0.25, 0.3) is 0 Å². The Morgan fingerprint density at radius 2 is 2.18 bits per heavy atom. The van der Waals surface area contributed by atoms with Crippen LogP contribution in [0.3, 0.4) is 0 Å². The zero-order valence-electron chi connectivity index (χ0n) is 6.31. The lowest BCUT2D eigenvalue weighted by Gasteiger charge is -1.76. The van der Waals surface area contributed by atoms with Gasteiger partial charge in [-0.3, -0.25) is 0 Å². The molecule has 0 spiro atoms. The summed E-state index contributed by atoms with van der Waals surface area (Å²) >= 11 is 0. The molecule has 58 valence electrons. The predicted octanol–water partition coefficient (Wildman–Crippen LogP) is 0.830. The first-order valence-electron chi connectivity index (χ1n) is 3.24. The van der Waals surface area contributed by atoms with Crippen LogP contribution in [0.15, 0.2) is 37.4 Å². The third-order valence-electron chi connectivity index (χ3n) is 1.04. The second kappa shape index (κ2) is 4.27. The van der Waals surface area contributed by atoms with Crippen molar-refractivity contribution in [3.05, 3.63) is 37.4 Å². The van der Waals surface area contributed by atoms with Gasteiger partial charge in [-0.1, -0.05) is 0 Å². The van der Waals surface area contributed by atoms with Crippen LogP contribution in [0.4, 0.5) is 0 Å². The van der Waals surface area contributed by atoms with Crippen LogP contribution < -0.4 is 0 Å². The smallest absolute Gasteiger partial charge is 0.0943 e. The fraction of sp³-hybridized carbons (Fsp3) is 0.143. The summed E-state index contributed by atoms with van der Waals surface area (Å²) in [7, 11) is 1.94. The van der Waals surface area contributed by atoms with Gasteiger partial charge in [-0.05, 0) is 0 Å². The number of H-pyrrole nitrogens is 1. The largest absolute Gasteiger partial charge is 0.351 e. The van der Waals surface area contributed by atoms with Crippen LogP contribution in [0, 0.1) is 0 Å². The third kappa shape index (κ3) is 3.20. The molecule has 4 heteroatoms. The van der Waals surface area contributed by atoms with Gasteiger partial charge in [0, 0.05) is 31.8 Å². The van der Waals surface area contributed by atoms with E-state index in [1.54, 1.807) is 31.2 Å². The van der Waals surface area contributed by atoms with Gasteiger partial charge in [0.2, 0.25) is 0 Å². The van der Waals surface area contributed by atoms with Crippen molar-refractivity contribution < 1.29 is 0 Å². The van der Waals surface area contributed by atoms with E-state index in [9.17, 15) is 0 Å². The highest BCUT2D eigenvalue weighted by Crippen LogP contribution is 1.73. The number of aromatic amines is 1. The molecule has 0 aliphatic heterocycles. The third-order valence-corrected chi connectivity index (χ3v) is 1.04. The van der Waals surface area contributed by atoms with Crippen molar-refractivity contribution >= 4 is 0 Å². The lowest BCUT2D eigenvalue weighted by atomic mass is 10.9. The van der Waals surface area contributed by atoms with Crippen molar-refractivity contribution in [2.45, 2.75) is 0 Å². The van der Waals surface area contributed by atoms with Crippen molar-refractivity contribution in [2.24, 2.45) is 7.05 Å². The van der Waals surface area contributed by atoms with E-state index in [1.807, 2.05) is 17.8 Å². The number of hydrogen-bond donors (Lipinski definition) is 1. The second-order valence-electron chi connectivity index (χ2n) is 1.99. The molecule has 0 amide bonds. The zero-order chi connectivity index (χ0) is 7.94. The first kappa shape index (κ1) is 7.53. The molecule has 0 aromatic carbocycles. The van der Waals surface area contributed by atoms with Crippen LogP contribution in [0.2, 0.25) is 0 Å². The maximum atomic E-state index is 3.78. The highest BCUT2D eigenvalue weighted by Gasteiger charge is 1.69. The number of nitrogens with one attached hydrogen (secondary N) is 1. The summed E-state index contributed by atoms with van der Waals surface area (Å²) < 4.78 is 1.89. The standard InChI is InChI=1S/C4H6N2.C3H4N2/c1-6-3-2-5-4-6;1-2-5-3-4-1/h2-4H,1H3;1-3H,(H,4,5). The highest BCUT2D eigenvalue weighted by atomic mass is 15.0. The lowest BCUT2D eigenvalue weighted by Crippen LogP contribution is -1.76. The molecule has 11 heavy (non-hydrogen) atoms. The van der Waals surface area contributed by atoms with Gasteiger partial charge >= 0.3 is 0 Å². The molecule has 2 aromatic heterocycles. The molecule has 4 nitrogen and oxygen atoms in total. The number of nitrogens with zero attached hydrogens (tertiary/aromatic N) is 3. The average Bonchev–Trinajstić information content (AvgIpc) is 2.57. The summed E-state index contributed by atoms with van der Waals surface area (Å²) in [5.41, 5.74) is 0. The molecule has 0 radical (unpaired) electrons. The van der Waals surface area contributed by atoms with E-state index < -0.39 is 0 Å². The highest BCUT2D eigenvalue weighted by molar-refractivity contribution is 4.70. The summed E-state index contributed by atoms with van der Waals surface area (Å²) in [4.78, 5) is 10.2. The number of imidazole rings is 2. The van der Waals surface area contributed by atoms with E-state index in [0.29, 0.717) is 0 Å². The minimum absolute atomic E-state index is 1.62. The zero-order valence-corrected chi connectivity index (χ0v) is 6.31. The van der Waals surface area contributed by atoms with Crippen LogP contribution in [0.5, 0.6) is 0 Å². The first-order chi connectivity index (χ1) is 5.39. The monoisotopic (exact) mass is 150 g/mol. The maximum Gasteiger partial charge on any atom is 0.0943 e. The number of aryl methyl sites for hydroxylation is 1. The minimum Gasteiger partial charge on any atom is -0.351 e. The van der Waals surface area contributed by atoms with E-state index >= 15 is 0 Å². The van der Waals surface area contributed by atoms with E-state index in [1.165, 1.54) is 0 Å². The summed E-state index contributed by atoms with van der Waals surface area (Å²) in [6.45, 7) is 0. The molecule has 0 unspecified atom stereocenters. The van der Waals surface area contributed by atoms with Crippen molar-refractivity contribution in [3.63, 3.8) is 0 Å². The maximum absolute atomic E-state index is 3.78. The lowest BCUT2D eigenvalue weighted by molar-refractivity contribution is 0.913. The Morgan fingerprint density at radius 1 is 1.27 bits per heavy atom. The van der Waals surface area contributed by atoms with Crippen LogP contribution in [0.1, 0.15) is 0 Å².